The molecule has 1 atom stereocenters. The highest BCUT2D eigenvalue weighted by atomic mass is 79.9. The largest absolute Gasteiger partial charge is 0.451 e. The number of carbonyl (C=O) groups is 1. The molecule has 21 heavy (non-hydrogen) atoms. The zero-order valence-electron chi connectivity index (χ0n) is 11.7. The lowest BCUT2D eigenvalue weighted by Gasteiger charge is -2.23. The van der Waals surface area contributed by atoms with Gasteiger partial charge in [0.05, 0.1) is 0 Å². The molecule has 3 rings (SSSR count). The number of nitrogens with one attached hydrogen (secondary N) is 2. The second kappa shape index (κ2) is 6.81. The van der Waals surface area contributed by atoms with Gasteiger partial charge in [0.25, 0.3) is 5.91 Å². The van der Waals surface area contributed by atoms with Gasteiger partial charge in [0.1, 0.15) is 5.58 Å². The Bertz CT molecular complexity index is 650. The topological polar surface area (TPSA) is 54.3 Å². The van der Waals surface area contributed by atoms with Crippen LogP contribution in [0, 0.1) is 6.92 Å². The zero-order chi connectivity index (χ0) is 14.1. The smallest absolute Gasteiger partial charge is 0.287 e. The molecule has 1 fully saturated rings. The third-order valence-corrected chi connectivity index (χ3v) is 4.23. The van der Waals surface area contributed by atoms with Crippen LogP contribution >= 0.6 is 28.3 Å². The van der Waals surface area contributed by atoms with E-state index in [0.29, 0.717) is 5.76 Å². The van der Waals surface area contributed by atoms with Crippen molar-refractivity contribution in [3.8, 4) is 0 Å². The minimum Gasteiger partial charge on any atom is -0.451 e. The first-order valence-corrected chi connectivity index (χ1v) is 7.64. The first-order chi connectivity index (χ1) is 9.65. The highest BCUT2D eigenvalue weighted by molar-refractivity contribution is 9.10. The summed E-state index contributed by atoms with van der Waals surface area (Å²) in [5, 5.41) is 7.31. The average Bonchev–Trinajstić information content (AvgIpc) is 2.77. The third-order valence-electron chi connectivity index (χ3n) is 3.74. The molecule has 0 aliphatic carbocycles. The number of aryl methyl sites for hydroxylation is 1. The lowest BCUT2D eigenvalue weighted by atomic mass is 10.1. The maximum Gasteiger partial charge on any atom is 0.287 e. The molecular weight excluding hydrogens is 356 g/mol. The Balaban J connectivity index is 0.00000161. The molecule has 0 unspecified atom stereocenters. The Kier molecular flexibility index (Phi) is 5.30. The summed E-state index contributed by atoms with van der Waals surface area (Å²) in [6.45, 7) is 3.78. The van der Waals surface area contributed by atoms with E-state index in [1.807, 2.05) is 25.1 Å². The molecule has 1 aliphatic rings. The van der Waals surface area contributed by atoms with E-state index in [2.05, 4.69) is 26.6 Å². The van der Waals surface area contributed by atoms with Crippen molar-refractivity contribution in [3.63, 3.8) is 0 Å². The summed E-state index contributed by atoms with van der Waals surface area (Å²) in [5.74, 6) is 0.298. The number of hydrogen-bond acceptors (Lipinski definition) is 3. The second-order valence-electron chi connectivity index (χ2n) is 5.21. The Morgan fingerprint density at radius 2 is 2.29 bits per heavy atom. The standard InChI is InChI=1S/C15H17BrN2O2.ClH/c1-9-12-7-10(16)4-5-13(12)20-14(9)15(19)18-11-3-2-6-17-8-11;/h4-5,7,11,17H,2-3,6,8H2,1H3,(H,18,19);1H/t11-;/m0./s1. The summed E-state index contributed by atoms with van der Waals surface area (Å²) in [6.07, 6.45) is 2.11. The van der Waals surface area contributed by atoms with Gasteiger partial charge in [-0.2, -0.15) is 0 Å². The van der Waals surface area contributed by atoms with Gasteiger partial charge in [0.15, 0.2) is 5.76 Å². The number of carbonyl (C=O) groups excluding carboxylic acids is 1. The molecule has 0 bridgehead atoms. The van der Waals surface area contributed by atoms with E-state index in [1.165, 1.54) is 0 Å². The minimum absolute atomic E-state index is 0. The average molecular weight is 374 g/mol. The number of fused-ring (bicyclic) bond motifs is 1. The number of hydrogen-bond donors (Lipinski definition) is 2. The van der Waals surface area contributed by atoms with Crippen LogP contribution < -0.4 is 10.6 Å². The molecule has 2 N–H and O–H groups in total. The molecule has 6 heteroatoms. The molecule has 1 aliphatic heterocycles. The second-order valence-corrected chi connectivity index (χ2v) is 6.13. The molecule has 2 aromatic rings. The predicted octanol–water partition coefficient (Wildman–Crippen LogP) is 3.41. The lowest BCUT2D eigenvalue weighted by Crippen LogP contribution is -2.45. The highest BCUT2D eigenvalue weighted by Crippen LogP contribution is 2.28. The molecule has 1 aromatic heterocycles. The summed E-state index contributed by atoms with van der Waals surface area (Å²) in [7, 11) is 0. The summed E-state index contributed by atoms with van der Waals surface area (Å²) >= 11 is 3.44. The fourth-order valence-corrected chi connectivity index (χ4v) is 3.00. The van der Waals surface area contributed by atoms with Crippen molar-refractivity contribution in [1.82, 2.24) is 10.6 Å². The van der Waals surface area contributed by atoms with E-state index in [1.54, 1.807) is 0 Å². The van der Waals surface area contributed by atoms with E-state index >= 15 is 0 Å². The van der Waals surface area contributed by atoms with Gasteiger partial charge in [0, 0.05) is 28.0 Å². The maximum absolute atomic E-state index is 12.3. The quantitative estimate of drug-likeness (QED) is 0.848. The van der Waals surface area contributed by atoms with Crippen LogP contribution in [0.3, 0.4) is 0 Å². The maximum atomic E-state index is 12.3. The van der Waals surface area contributed by atoms with Crippen molar-refractivity contribution in [2.24, 2.45) is 0 Å². The van der Waals surface area contributed by atoms with Crippen LogP contribution in [-0.4, -0.2) is 25.0 Å². The Hall–Kier alpha value is -1.04. The number of piperidine rings is 1. The van der Waals surface area contributed by atoms with Crippen LogP contribution in [0.1, 0.15) is 29.0 Å². The fraction of sp³-hybridized carbons (Fsp3) is 0.400. The number of halogens is 2. The summed E-state index contributed by atoms with van der Waals surface area (Å²) in [6, 6.07) is 5.96. The van der Waals surface area contributed by atoms with Crippen molar-refractivity contribution in [1.29, 1.82) is 0 Å². The Morgan fingerprint density at radius 3 is 3.00 bits per heavy atom. The Labute approximate surface area is 138 Å². The monoisotopic (exact) mass is 372 g/mol. The minimum atomic E-state index is -0.122. The molecule has 1 saturated heterocycles. The van der Waals surface area contributed by atoms with Gasteiger partial charge >= 0.3 is 0 Å². The van der Waals surface area contributed by atoms with Crippen LogP contribution in [0.2, 0.25) is 0 Å². The molecule has 0 spiro atoms. The van der Waals surface area contributed by atoms with Crippen molar-refractivity contribution in [2.75, 3.05) is 13.1 Å². The normalized spacial score (nSPS) is 18.3. The number of rotatable bonds is 2. The van der Waals surface area contributed by atoms with Gasteiger partial charge in [-0.3, -0.25) is 4.79 Å². The molecule has 1 amide bonds. The molecule has 4 nitrogen and oxygen atoms in total. The van der Waals surface area contributed by atoms with Crippen molar-refractivity contribution in [2.45, 2.75) is 25.8 Å². The lowest BCUT2D eigenvalue weighted by molar-refractivity contribution is 0.0904. The van der Waals surface area contributed by atoms with Gasteiger partial charge in [-0.15, -0.1) is 12.4 Å². The van der Waals surface area contributed by atoms with Crippen molar-refractivity contribution >= 4 is 45.2 Å². The van der Waals surface area contributed by atoms with Crippen LogP contribution in [0.4, 0.5) is 0 Å². The highest BCUT2D eigenvalue weighted by Gasteiger charge is 2.21. The van der Waals surface area contributed by atoms with Gasteiger partial charge < -0.3 is 15.1 Å². The summed E-state index contributed by atoms with van der Waals surface area (Å²) < 4.78 is 6.69. The zero-order valence-corrected chi connectivity index (χ0v) is 14.1. The SMILES string of the molecule is Cc1c(C(=O)N[C@H]2CCCNC2)oc2ccc(Br)cc12.Cl. The number of benzene rings is 1. The van der Waals surface area contributed by atoms with E-state index in [4.69, 9.17) is 4.42 Å². The van der Waals surface area contributed by atoms with Crippen LogP contribution in [0.25, 0.3) is 11.0 Å². The molecule has 114 valence electrons. The molecule has 2 heterocycles. The van der Waals surface area contributed by atoms with Gasteiger partial charge in [-0.05, 0) is 44.5 Å². The van der Waals surface area contributed by atoms with Gasteiger partial charge in [-0.1, -0.05) is 15.9 Å². The number of amides is 1. The molecular formula is C15H18BrClN2O2. The summed E-state index contributed by atoms with van der Waals surface area (Å²) in [4.78, 5) is 12.3. The van der Waals surface area contributed by atoms with E-state index in [0.717, 1.165) is 46.9 Å². The third kappa shape index (κ3) is 3.42. The van der Waals surface area contributed by atoms with Gasteiger partial charge in [0.2, 0.25) is 0 Å². The van der Waals surface area contributed by atoms with Crippen LogP contribution in [0.5, 0.6) is 0 Å². The van der Waals surface area contributed by atoms with E-state index in [9.17, 15) is 4.79 Å². The first kappa shape index (κ1) is 16.3. The van der Waals surface area contributed by atoms with Crippen molar-refractivity contribution < 1.29 is 9.21 Å². The first-order valence-electron chi connectivity index (χ1n) is 6.85. The van der Waals surface area contributed by atoms with E-state index in [-0.39, 0.29) is 24.4 Å². The molecule has 1 aromatic carbocycles. The Morgan fingerprint density at radius 1 is 1.48 bits per heavy atom. The number of furan rings is 1. The van der Waals surface area contributed by atoms with Gasteiger partial charge in [-0.25, -0.2) is 0 Å². The summed E-state index contributed by atoms with van der Waals surface area (Å²) in [5.41, 5.74) is 1.64. The van der Waals surface area contributed by atoms with E-state index < -0.39 is 0 Å². The fourth-order valence-electron chi connectivity index (χ4n) is 2.64. The van der Waals surface area contributed by atoms with Crippen molar-refractivity contribution in [3.05, 3.63) is 34.0 Å². The predicted molar refractivity (Wildman–Crippen MR) is 89.3 cm³/mol. The molecule has 0 radical (unpaired) electrons. The molecule has 0 saturated carbocycles. The van der Waals surface area contributed by atoms with Crippen LogP contribution in [0.15, 0.2) is 27.1 Å². The van der Waals surface area contributed by atoms with Crippen LogP contribution in [-0.2, 0) is 0 Å².